The van der Waals surface area contributed by atoms with Crippen LogP contribution in [0.2, 0.25) is 0 Å². The molecule has 1 saturated carbocycles. The SMILES string of the molecule is COc1ccc(CCNC(=O)C23CCC(C)(c4nc5ccccc5nc42)C3(C)C)cc1OC. The fraction of sp³-hybridized carbons (Fsp3) is 0.444. The number of hydrogen-bond donors (Lipinski definition) is 1. The van der Waals surface area contributed by atoms with Crippen molar-refractivity contribution < 1.29 is 14.3 Å². The van der Waals surface area contributed by atoms with Gasteiger partial charge < -0.3 is 14.8 Å². The van der Waals surface area contributed by atoms with Gasteiger partial charge in [-0.1, -0.05) is 39.0 Å². The average Bonchev–Trinajstić information content (AvgIpc) is 3.12. The van der Waals surface area contributed by atoms with E-state index in [1.807, 2.05) is 42.5 Å². The number of amides is 1. The third-order valence-corrected chi connectivity index (χ3v) is 8.48. The highest BCUT2D eigenvalue weighted by atomic mass is 16.5. The maximum Gasteiger partial charge on any atom is 0.232 e. The Morgan fingerprint density at radius 3 is 2.27 bits per heavy atom. The van der Waals surface area contributed by atoms with Crippen molar-refractivity contribution in [2.75, 3.05) is 20.8 Å². The second-order valence-electron chi connectivity index (χ2n) is 9.97. The number of rotatable bonds is 6. The molecule has 1 aromatic heterocycles. The van der Waals surface area contributed by atoms with E-state index in [9.17, 15) is 4.79 Å². The number of aromatic nitrogens is 2. The minimum absolute atomic E-state index is 0.0556. The lowest BCUT2D eigenvalue weighted by Crippen LogP contribution is -2.51. The molecule has 0 radical (unpaired) electrons. The first-order valence-corrected chi connectivity index (χ1v) is 11.6. The highest BCUT2D eigenvalue weighted by Crippen LogP contribution is 2.70. The molecule has 2 aliphatic rings. The molecule has 1 heterocycles. The second kappa shape index (κ2) is 7.44. The number of carbonyl (C=O) groups excluding carboxylic acids is 1. The Morgan fingerprint density at radius 1 is 0.939 bits per heavy atom. The summed E-state index contributed by atoms with van der Waals surface area (Å²) in [5, 5.41) is 3.24. The van der Waals surface area contributed by atoms with E-state index >= 15 is 0 Å². The van der Waals surface area contributed by atoms with Crippen molar-refractivity contribution in [3.63, 3.8) is 0 Å². The number of ether oxygens (including phenoxy) is 2. The molecule has 2 aliphatic carbocycles. The number of methoxy groups -OCH3 is 2. The van der Waals surface area contributed by atoms with Gasteiger partial charge in [0.2, 0.25) is 5.91 Å². The normalized spacial score (nSPS) is 24.5. The molecular weight excluding hydrogens is 414 g/mol. The highest BCUT2D eigenvalue weighted by Gasteiger charge is 2.73. The van der Waals surface area contributed by atoms with Crippen molar-refractivity contribution in [1.82, 2.24) is 15.3 Å². The second-order valence-corrected chi connectivity index (χ2v) is 9.97. The van der Waals surface area contributed by atoms with Gasteiger partial charge in [0.25, 0.3) is 0 Å². The maximum absolute atomic E-state index is 13.9. The molecule has 1 amide bonds. The summed E-state index contributed by atoms with van der Waals surface area (Å²) in [5.74, 6) is 1.45. The van der Waals surface area contributed by atoms with Crippen molar-refractivity contribution >= 4 is 16.9 Å². The summed E-state index contributed by atoms with van der Waals surface area (Å²) in [6.45, 7) is 7.21. The molecule has 1 N–H and O–H groups in total. The summed E-state index contributed by atoms with van der Waals surface area (Å²) in [5.41, 5.74) is 3.54. The summed E-state index contributed by atoms with van der Waals surface area (Å²) in [6.07, 6.45) is 2.43. The smallest absolute Gasteiger partial charge is 0.232 e. The molecule has 172 valence electrons. The van der Waals surface area contributed by atoms with E-state index in [0.29, 0.717) is 24.5 Å². The molecule has 2 atom stereocenters. The largest absolute Gasteiger partial charge is 0.493 e. The number of fused-ring (bicyclic) bond motifs is 6. The van der Waals surface area contributed by atoms with Crippen LogP contribution >= 0.6 is 0 Å². The zero-order valence-electron chi connectivity index (χ0n) is 20.0. The van der Waals surface area contributed by atoms with Crippen molar-refractivity contribution in [1.29, 1.82) is 0 Å². The first-order valence-electron chi connectivity index (χ1n) is 11.6. The zero-order valence-corrected chi connectivity index (χ0v) is 20.0. The van der Waals surface area contributed by atoms with Crippen LogP contribution in [0.4, 0.5) is 0 Å². The Hall–Kier alpha value is -3.15. The van der Waals surface area contributed by atoms with Gasteiger partial charge in [-0.25, -0.2) is 9.97 Å². The Bertz CT molecular complexity index is 1250. The van der Waals surface area contributed by atoms with Crippen molar-refractivity contribution in [3.05, 3.63) is 59.4 Å². The van der Waals surface area contributed by atoms with Crippen LogP contribution in [0.5, 0.6) is 11.5 Å². The molecule has 1 fully saturated rings. The number of carbonyl (C=O) groups is 1. The fourth-order valence-electron chi connectivity index (χ4n) is 6.06. The molecular formula is C27H31N3O3. The van der Waals surface area contributed by atoms with E-state index in [2.05, 4.69) is 26.1 Å². The molecule has 6 nitrogen and oxygen atoms in total. The fourth-order valence-corrected chi connectivity index (χ4v) is 6.06. The number of hydrogen-bond acceptors (Lipinski definition) is 5. The molecule has 2 unspecified atom stereocenters. The molecule has 3 aromatic rings. The Labute approximate surface area is 194 Å². The van der Waals surface area contributed by atoms with Gasteiger partial charge in [0, 0.05) is 12.0 Å². The minimum Gasteiger partial charge on any atom is -0.493 e. The minimum atomic E-state index is -0.675. The molecule has 33 heavy (non-hydrogen) atoms. The third kappa shape index (κ3) is 2.82. The van der Waals surface area contributed by atoms with E-state index in [4.69, 9.17) is 19.4 Å². The van der Waals surface area contributed by atoms with Gasteiger partial charge in [-0.3, -0.25) is 4.79 Å². The Morgan fingerprint density at radius 2 is 1.61 bits per heavy atom. The van der Waals surface area contributed by atoms with Gasteiger partial charge in [0.05, 0.1) is 42.1 Å². The zero-order chi connectivity index (χ0) is 23.4. The van der Waals surface area contributed by atoms with E-state index in [0.717, 1.165) is 40.8 Å². The van der Waals surface area contributed by atoms with Gasteiger partial charge in [0.1, 0.15) is 0 Å². The van der Waals surface area contributed by atoms with Crippen LogP contribution < -0.4 is 14.8 Å². The van der Waals surface area contributed by atoms with Crippen LogP contribution in [0.15, 0.2) is 42.5 Å². The van der Waals surface area contributed by atoms with Crippen LogP contribution in [0.25, 0.3) is 11.0 Å². The first-order chi connectivity index (χ1) is 15.8. The van der Waals surface area contributed by atoms with Crippen LogP contribution in [-0.4, -0.2) is 36.6 Å². The topological polar surface area (TPSA) is 73.3 Å². The predicted octanol–water partition coefficient (Wildman–Crippen LogP) is 4.34. The molecule has 5 rings (SSSR count). The van der Waals surface area contributed by atoms with E-state index in [1.54, 1.807) is 14.2 Å². The van der Waals surface area contributed by atoms with Crippen molar-refractivity contribution in [2.24, 2.45) is 5.41 Å². The molecule has 6 heteroatoms. The summed E-state index contributed by atoms with van der Waals surface area (Å²) >= 11 is 0. The molecule has 0 saturated heterocycles. The lowest BCUT2D eigenvalue weighted by Gasteiger charge is -2.39. The quantitative estimate of drug-likeness (QED) is 0.611. The predicted molar refractivity (Wildman–Crippen MR) is 128 cm³/mol. The van der Waals surface area contributed by atoms with E-state index in [1.165, 1.54) is 0 Å². The molecule has 0 spiro atoms. The first kappa shape index (κ1) is 21.7. The Kier molecular flexibility index (Phi) is 4.89. The van der Waals surface area contributed by atoms with E-state index < -0.39 is 5.41 Å². The summed E-state index contributed by atoms with van der Waals surface area (Å²) in [6, 6.07) is 13.8. The number of nitrogens with zero attached hydrogens (tertiary/aromatic N) is 2. The lowest BCUT2D eigenvalue weighted by atomic mass is 9.63. The van der Waals surface area contributed by atoms with Crippen molar-refractivity contribution in [3.8, 4) is 11.5 Å². The van der Waals surface area contributed by atoms with Crippen LogP contribution in [0.1, 0.15) is 50.6 Å². The number of benzene rings is 2. The van der Waals surface area contributed by atoms with Gasteiger partial charge >= 0.3 is 0 Å². The Balaban J connectivity index is 1.44. The summed E-state index contributed by atoms with van der Waals surface area (Å²) < 4.78 is 10.7. The monoisotopic (exact) mass is 445 g/mol. The third-order valence-electron chi connectivity index (χ3n) is 8.48. The summed E-state index contributed by atoms with van der Waals surface area (Å²) in [4.78, 5) is 23.9. The maximum atomic E-state index is 13.9. The van der Waals surface area contributed by atoms with E-state index in [-0.39, 0.29) is 16.7 Å². The van der Waals surface area contributed by atoms with Gasteiger partial charge in [-0.05, 0) is 54.5 Å². The summed E-state index contributed by atoms with van der Waals surface area (Å²) in [7, 11) is 3.25. The van der Waals surface area contributed by atoms with Crippen LogP contribution in [0.3, 0.4) is 0 Å². The van der Waals surface area contributed by atoms with Gasteiger partial charge in [-0.2, -0.15) is 0 Å². The van der Waals surface area contributed by atoms with Gasteiger partial charge in [-0.15, -0.1) is 0 Å². The number of para-hydroxylation sites is 2. The standard InChI is InChI=1S/C27H31N3O3/c1-25(2)26(3)13-14-27(25,23-22(26)29-18-8-6-7-9-19(18)30-23)24(31)28-15-12-17-10-11-20(32-4)21(16-17)33-5/h6-11,16H,12-15H2,1-5H3,(H,28,31). The van der Waals surface area contributed by atoms with Gasteiger partial charge in [0.15, 0.2) is 11.5 Å². The van der Waals surface area contributed by atoms with Crippen molar-refractivity contribution in [2.45, 2.75) is 50.9 Å². The average molecular weight is 446 g/mol. The van der Waals surface area contributed by atoms with Crippen LogP contribution in [0, 0.1) is 5.41 Å². The lowest BCUT2D eigenvalue weighted by molar-refractivity contribution is -0.130. The highest BCUT2D eigenvalue weighted by molar-refractivity contribution is 5.93. The molecule has 0 aliphatic heterocycles. The molecule has 2 bridgehead atoms. The van der Waals surface area contributed by atoms with Crippen LogP contribution in [-0.2, 0) is 22.0 Å². The number of nitrogens with one attached hydrogen (secondary N) is 1. The molecule has 2 aromatic carbocycles.